The highest BCUT2D eigenvalue weighted by molar-refractivity contribution is 6.12. The lowest BCUT2D eigenvalue weighted by molar-refractivity contribution is 0.670. The topological polar surface area (TPSA) is 21.3 Å². The van der Waals surface area contributed by atoms with E-state index in [1.54, 1.807) is 0 Å². The van der Waals surface area contributed by atoms with Crippen LogP contribution in [0.4, 0.5) is 17.1 Å². The predicted molar refractivity (Wildman–Crippen MR) is 231 cm³/mol. The molecular formula is C52H34N2O. The van der Waals surface area contributed by atoms with E-state index >= 15 is 0 Å². The van der Waals surface area contributed by atoms with Gasteiger partial charge in [0.1, 0.15) is 11.2 Å². The maximum atomic E-state index is 6.37. The molecule has 0 bridgehead atoms. The molecule has 11 rings (SSSR count). The molecule has 55 heavy (non-hydrogen) atoms. The minimum Gasteiger partial charge on any atom is -0.455 e. The van der Waals surface area contributed by atoms with Crippen LogP contribution < -0.4 is 4.90 Å². The van der Waals surface area contributed by atoms with Crippen LogP contribution in [0.15, 0.2) is 211 Å². The normalized spacial score (nSPS) is 11.6. The number of fused-ring (bicyclic) bond motifs is 7. The van der Waals surface area contributed by atoms with E-state index in [0.717, 1.165) is 50.1 Å². The molecule has 0 aliphatic heterocycles. The molecule has 258 valence electrons. The Balaban J connectivity index is 0.970. The number of hydrogen-bond donors (Lipinski definition) is 0. The van der Waals surface area contributed by atoms with E-state index < -0.39 is 0 Å². The van der Waals surface area contributed by atoms with Gasteiger partial charge in [-0.15, -0.1) is 0 Å². The minimum atomic E-state index is 0.910. The van der Waals surface area contributed by atoms with Crippen LogP contribution in [0, 0.1) is 0 Å². The average Bonchev–Trinajstić information content (AvgIpc) is 3.80. The first-order valence-electron chi connectivity index (χ1n) is 18.8. The molecule has 0 fully saturated rings. The van der Waals surface area contributed by atoms with E-state index in [1.165, 1.54) is 49.4 Å². The Bertz CT molecular complexity index is 3180. The smallest absolute Gasteiger partial charge is 0.143 e. The number of benzene rings is 9. The van der Waals surface area contributed by atoms with Gasteiger partial charge in [-0.05, 0) is 88.8 Å². The summed E-state index contributed by atoms with van der Waals surface area (Å²) in [5.41, 5.74) is 13.3. The van der Waals surface area contributed by atoms with Crippen molar-refractivity contribution in [3.63, 3.8) is 0 Å². The van der Waals surface area contributed by atoms with Crippen LogP contribution >= 0.6 is 0 Å². The molecule has 0 aliphatic carbocycles. The van der Waals surface area contributed by atoms with E-state index in [1.807, 2.05) is 12.1 Å². The molecule has 3 nitrogen and oxygen atoms in total. The van der Waals surface area contributed by atoms with Gasteiger partial charge in [0, 0.05) is 49.6 Å². The van der Waals surface area contributed by atoms with Crippen molar-refractivity contribution in [3.05, 3.63) is 206 Å². The number of rotatable bonds is 6. The highest BCUT2D eigenvalue weighted by atomic mass is 16.3. The van der Waals surface area contributed by atoms with Crippen molar-refractivity contribution in [2.45, 2.75) is 0 Å². The highest BCUT2D eigenvalue weighted by Gasteiger charge is 2.17. The molecule has 0 spiro atoms. The van der Waals surface area contributed by atoms with E-state index in [4.69, 9.17) is 4.42 Å². The Morgan fingerprint density at radius 1 is 0.364 bits per heavy atom. The van der Waals surface area contributed by atoms with Crippen molar-refractivity contribution in [1.82, 2.24) is 4.57 Å². The molecule has 0 saturated heterocycles. The average molecular weight is 703 g/mol. The van der Waals surface area contributed by atoms with Crippen molar-refractivity contribution < 1.29 is 4.42 Å². The third-order valence-corrected chi connectivity index (χ3v) is 11.0. The Hall–Kier alpha value is -7.36. The molecule has 11 aromatic rings. The molecule has 0 radical (unpaired) electrons. The van der Waals surface area contributed by atoms with Gasteiger partial charge in [0.2, 0.25) is 0 Å². The summed E-state index contributed by atoms with van der Waals surface area (Å²) in [6.07, 6.45) is 0. The highest BCUT2D eigenvalue weighted by Crippen LogP contribution is 2.41. The van der Waals surface area contributed by atoms with Gasteiger partial charge in [0.15, 0.2) is 0 Å². The molecule has 0 N–H and O–H groups in total. The number of nitrogens with zero attached hydrogens (tertiary/aromatic N) is 2. The minimum absolute atomic E-state index is 0.910. The molecule has 0 saturated carbocycles. The van der Waals surface area contributed by atoms with E-state index in [-0.39, 0.29) is 0 Å². The first-order chi connectivity index (χ1) is 27.3. The number of anilines is 3. The second-order valence-electron chi connectivity index (χ2n) is 14.1. The molecule has 0 aliphatic rings. The van der Waals surface area contributed by atoms with Crippen molar-refractivity contribution >= 4 is 71.6 Å². The van der Waals surface area contributed by atoms with Gasteiger partial charge >= 0.3 is 0 Å². The molecular weight excluding hydrogens is 669 g/mol. The van der Waals surface area contributed by atoms with Gasteiger partial charge < -0.3 is 13.9 Å². The Morgan fingerprint density at radius 2 is 0.945 bits per heavy atom. The van der Waals surface area contributed by atoms with Gasteiger partial charge in [-0.3, -0.25) is 0 Å². The first kappa shape index (κ1) is 31.2. The van der Waals surface area contributed by atoms with Crippen LogP contribution in [0.3, 0.4) is 0 Å². The van der Waals surface area contributed by atoms with Gasteiger partial charge in [-0.1, -0.05) is 140 Å². The monoisotopic (exact) mass is 702 g/mol. The summed E-state index contributed by atoms with van der Waals surface area (Å²) in [4.78, 5) is 2.32. The summed E-state index contributed by atoms with van der Waals surface area (Å²) in [6, 6.07) is 73.8. The summed E-state index contributed by atoms with van der Waals surface area (Å²) in [7, 11) is 0. The molecule has 0 amide bonds. The number of furan rings is 1. The molecule has 3 heteroatoms. The summed E-state index contributed by atoms with van der Waals surface area (Å²) < 4.78 is 8.79. The van der Waals surface area contributed by atoms with Crippen LogP contribution in [0.2, 0.25) is 0 Å². The summed E-state index contributed by atoms with van der Waals surface area (Å²) in [5, 5.41) is 7.26. The Morgan fingerprint density at radius 3 is 1.76 bits per heavy atom. The van der Waals surface area contributed by atoms with Crippen molar-refractivity contribution in [3.8, 4) is 27.9 Å². The zero-order valence-corrected chi connectivity index (χ0v) is 29.9. The number of aromatic nitrogens is 1. The fourth-order valence-corrected chi connectivity index (χ4v) is 8.41. The van der Waals surface area contributed by atoms with Crippen molar-refractivity contribution in [1.29, 1.82) is 0 Å². The zero-order valence-electron chi connectivity index (χ0n) is 29.9. The lowest BCUT2D eigenvalue weighted by Gasteiger charge is -2.26. The van der Waals surface area contributed by atoms with Gasteiger partial charge in [-0.2, -0.15) is 0 Å². The molecule has 0 atom stereocenters. The third kappa shape index (κ3) is 5.13. The molecule has 2 aromatic heterocycles. The quantitative estimate of drug-likeness (QED) is 0.172. The SMILES string of the molecule is c1ccc(N(c2ccc(-c3ccc4c(c3)c3ccccc3n4-c3cccc4ccccc34)cc2)c2ccc(-c3cccc4c3oc3ccccc34)cc2)cc1. The van der Waals surface area contributed by atoms with Crippen LogP contribution in [-0.4, -0.2) is 4.57 Å². The van der Waals surface area contributed by atoms with Gasteiger partial charge in [-0.25, -0.2) is 0 Å². The van der Waals surface area contributed by atoms with E-state index in [9.17, 15) is 0 Å². The second kappa shape index (κ2) is 12.6. The second-order valence-corrected chi connectivity index (χ2v) is 14.1. The Labute approximate surface area is 318 Å². The van der Waals surface area contributed by atoms with Crippen molar-refractivity contribution in [2.24, 2.45) is 0 Å². The third-order valence-electron chi connectivity index (χ3n) is 11.0. The van der Waals surface area contributed by atoms with Gasteiger partial charge in [0.05, 0.1) is 16.7 Å². The Kier molecular flexibility index (Phi) is 7.17. The van der Waals surface area contributed by atoms with Gasteiger partial charge in [0.25, 0.3) is 0 Å². The van der Waals surface area contributed by atoms with E-state index in [0.29, 0.717) is 0 Å². The summed E-state index contributed by atoms with van der Waals surface area (Å²) in [5.74, 6) is 0. The standard InChI is InChI=1S/C52H34N2O/c1-2-14-39(15-3-1)53(41-31-26-37(27-32-41)43-19-11-20-46-45-18-7-9-23-51(45)55-52(43)46)40-29-24-35(25-30-40)38-28-33-50-47(34-38)44-17-6-8-21-49(44)54(50)48-22-10-13-36-12-4-5-16-42(36)48/h1-34H. The van der Waals surface area contributed by atoms with E-state index in [2.05, 4.69) is 204 Å². The summed E-state index contributed by atoms with van der Waals surface area (Å²) in [6.45, 7) is 0. The fraction of sp³-hybridized carbons (Fsp3) is 0. The van der Waals surface area contributed by atoms with Crippen molar-refractivity contribution in [2.75, 3.05) is 4.90 Å². The maximum absolute atomic E-state index is 6.37. The van der Waals surface area contributed by atoms with Crippen LogP contribution in [-0.2, 0) is 0 Å². The van der Waals surface area contributed by atoms with Crippen LogP contribution in [0.25, 0.3) is 82.5 Å². The first-order valence-corrected chi connectivity index (χ1v) is 18.8. The summed E-state index contributed by atoms with van der Waals surface area (Å²) >= 11 is 0. The lowest BCUT2D eigenvalue weighted by Crippen LogP contribution is -2.09. The molecule has 2 heterocycles. The van der Waals surface area contributed by atoms with Crippen LogP contribution in [0.1, 0.15) is 0 Å². The zero-order chi connectivity index (χ0) is 36.3. The fourth-order valence-electron chi connectivity index (χ4n) is 8.41. The number of para-hydroxylation sites is 4. The molecule has 0 unspecified atom stereocenters. The lowest BCUT2D eigenvalue weighted by atomic mass is 10.0. The maximum Gasteiger partial charge on any atom is 0.143 e. The van der Waals surface area contributed by atoms with Crippen LogP contribution in [0.5, 0.6) is 0 Å². The largest absolute Gasteiger partial charge is 0.455 e. The number of hydrogen-bond acceptors (Lipinski definition) is 2. The molecule has 9 aromatic carbocycles. The predicted octanol–water partition coefficient (Wildman–Crippen LogP) is 14.6.